The van der Waals surface area contributed by atoms with Crippen molar-refractivity contribution < 1.29 is 23.9 Å². The number of aliphatic carboxylic acids is 1. The number of carbonyl (C=O) groups excluding carboxylic acids is 2. The van der Waals surface area contributed by atoms with Gasteiger partial charge in [-0.05, 0) is 17.7 Å². The number of halogens is 1. The van der Waals surface area contributed by atoms with Gasteiger partial charge in [0.1, 0.15) is 11.5 Å². The van der Waals surface area contributed by atoms with E-state index < -0.39 is 17.8 Å². The fourth-order valence-electron chi connectivity index (χ4n) is 2.09. The summed E-state index contributed by atoms with van der Waals surface area (Å²) in [5, 5.41) is 16.5. The van der Waals surface area contributed by atoms with Crippen LogP contribution in [0, 0.1) is 11.7 Å². The Bertz CT molecular complexity index is 672. The lowest BCUT2D eigenvalue weighted by Crippen LogP contribution is -2.40. The Morgan fingerprint density at radius 2 is 2.00 bits per heavy atom. The van der Waals surface area contributed by atoms with Crippen molar-refractivity contribution in [3.63, 3.8) is 0 Å². The highest BCUT2D eigenvalue weighted by atomic mass is 19.1. The molecule has 0 aliphatic carbocycles. The molecule has 24 heavy (non-hydrogen) atoms. The van der Waals surface area contributed by atoms with E-state index in [2.05, 4.69) is 10.4 Å². The monoisotopic (exact) mass is 335 g/mol. The first kappa shape index (κ1) is 17.6. The normalized spacial score (nSPS) is 15.7. The van der Waals surface area contributed by atoms with E-state index in [4.69, 9.17) is 5.11 Å². The first-order valence-electron chi connectivity index (χ1n) is 7.50. The van der Waals surface area contributed by atoms with Crippen molar-refractivity contribution in [2.45, 2.75) is 26.3 Å². The number of hydrazone groups is 1. The fourth-order valence-corrected chi connectivity index (χ4v) is 2.09. The van der Waals surface area contributed by atoms with Crippen LogP contribution in [0.1, 0.15) is 25.3 Å². The first-order chi connectivity index (χ1) is 11.4. The van der Waals surface area contributed by atoms with Gasteiger partial charge in [-0.3, -0.25) is 14.4 Å². The Hall–Kier alpha value is -2.77. The molecule has 0 bridgehead atoms. The smallest absolute Gasteiger partial charge is 0.308 e. The van der Waals surface area contributed by atoms with Gasteiger partial charge in [-0.15, -0.1) is 0 Å². The third-order valence-electron chi connectivity index (χ3n) is 3.60. The Kier molecular flexibility index (Phi) is 5.62. The maximum Gasteiger partial charge on any atom is 0.308 e. The molecule has 1 heterocycles. The van der Waals surface area contributed by atoms with E-state index >= 15 is 0 Å². The zero-order chi connectivity index (χ0) is 17.7. The van der Waals surface area contributed by atoms with E-state index in [0.29, 0.717) is 5.56 Å². The van der Waals surface area contributed by atoms with Crippen molar-refractivity contribution in [1.82, 2.24) is 10.3 Å². The van der Waals surface area contributed by atoms with Gasteiger partial charge in [0.25, 0.3) is 5.91 Å². The number of rotatable bonds is 6. The van der Waals surface area contributed by atoms with Crippen LogP contribution in [0.4, 0.5) is 4.39 Å². The largest absolute Gasteiger partial charge is 0.481 e. The molecule has 7 nitrogen and oxygen atoms in total. The molecule has 0 spiro atoms. The lowest BCUT2D eigenvalue weighted by atomic mass is 10.1. The van der Waals surface area contributed by atoms with Crippen molar-refractivity contribution in [2.75, 3.05) is 6.54 Å². The van der Waals surface area contributed by atoms with Crippen LogP contribution >= 0.6 is 0 Å². The third-order valence-corrected chi connectivity index (χ3v) is 3.60. The molecule has 1 unspecified atom stereocenters. The van der Waals surface area contributed by atoms with Crippen LogP contribution in [-0.2, 0) is 20.9 Å². The van der Waals surface area contributed by atoms with E-state index in [1.165, 1.54) is 24.1 Å². The van der Waals surface area contributed by atoms with Crippen molar-refractivity contribution >= 4 is 23.5 Å². The summed E-state index contributed by atoms with van der Waals surface area (Å²) in [5.74, 6) is -2.81. The van der Waals surface area contributed by atoms with Crippen LogP contribution in [0.5, 0.6) is 0 Å². The molecule has 2 rings (SSSR count). The molecule has 1 aromatic rings. The predicted octanol–water partition coefficient (Wildman–Crippen LogP) is 1.14. The summed E-state index contributed by atoms with van der Waals surface area (Å²) in [5.41, 5.74) is 0.865. The topological polar surface area (TPSA) is 99.1 Å². The fraction of sp³-hybridized carbons (Fsp3) is 0.375. The molecule has 128 valence electrons. The number of hydrogen-bond acceptors (Lipinski definition) is 4. The number of nitrogens with zero attached hydrogens (tertiary/aromatic N) is 2. The first-order valence-corrected chi connectivity index (χ1v) is 7.50. The van der Waals surface area contributed by atoms with Gasteiger partial charge < -0.3 is 10.4 Å². The predicted molar refractivity (Wildman–Crippen MR) is 83.4 cm³/mol. The summed E-state index contributed by atoms with van der Waals surface area (Å²) in [4.78, 5) is 34.7. The second kappa shape index (κ2) is 7.67. The average Bonchev–Trinajstić information content (AvgIpc) is 2.56. The second-order valence-electron chi connectivity index (χ2n) is 5.57. The zero-order valence-corrected chi connectivity index (χ0v) is 13.2. The van der Waals surface area contributed by atoms with Crippen LogP contribution in [0.25, 0.3) is 0 Å². The lowest BCUT2D eigenvalue weighted by Gasteiger charge is -2.23. The highest BCUT2D eigenvalue weighted by Gasteiger charge is 2.25. The molecule has 1 aliphatic rings. The molecule has 0 aromatic heterocycles. The number of carbonyl (C=O) groups is 3. The summed E-state index contributed by atoms with van der Waals surface area (Å²) in [7, 11) is 0. The Morgan fingerprint density at radius 1 is 1.33 bits per heavy atom. The molecule has 0 fully saturated rings. The number of hydrogen-bond donors (Lipinski definition) is 2. The van der Waals surface area contributed by atoms with E-state index in [-0.39, 0.29) is 43.4 Å². The van der Waals surface area contributed by atoms with E-state index in [1.54, 1.807) is 12.1 Å². The van der Waals surface area contributed by atoms with Gasteiger partial charge in [0, 0.05) is 19.4 Å². The van der Waals surface area contributed by atoms with Crippen LogP contribution < -0.4 is 5.32 Å². The number of amides is 2. The van der Waals surface area contributed by atoms with Crippen molar-refractivity contribution in [2.24, 2.45) is 11.0 Å². The van der Waals surface area contributed by atoms with Crippen molar-refractivity contribution in [3.8, 4) is 0 Å². The molecule has 0 saturated carbocycles. The van der Waals surface area contributed by atoms with E-state index in [1.807, 2.05) is 0 Å². The highest BCUT2D eigenvalue weighted by Crippen LogP contribution is 2.14. The Balaban J connectivity index is 2.02. The minimum absolute atomic E-state index is 0.0148. The van der Waals surface area contributed by atoms with Gasteiger partial charge in [-0.2, -0.15) is 5.10 Å². The Morgan fingerprint density at radius 3 is 2.62 bits per heavy atom. The molecule has 2 amide bonds. The number of benzene rings is 1. The van der Waals surface area contributed by atoms with Gasteiger partial charge >= 0.3 is 5.97 Å². The van der Waals surface area contributed by atoms with Crippen LogP contribution in [-0.4, -0.2) is 40.2 Å². The number of carboxylic acids is 1. The van der Waals surface area contributed by atoms with E-state index in [9.17, 15) is 18.8 Å². The van der Waals surface area contributed by atoms with Crippen molar-refractivity contribution in [3.05, 3.63) is 35.6 Å². The van der Waals surface area contributed by atoms with Gasteiger partial charge in [0.05, 0.1) is 12.5 Å². The van der Waals surface area contributed by atoms with Crippen LogP contribution in [0.15, 0.2) is 29.4 Å². The molecule has 1 aliphatic heterocycles. The summed E-state index contributed by atoms with van der Waals surface area (Å²) in [6.07, 6.45) is 0.341. The summed E-state index contributed by atoms with van der Waals surface area (Å²) in [6.45, 7) is 1.61. The minimum atomic E-state index is -1.01. The van der Waals surface area contributed by atoms with Gasteiger partial charge in [-0.25, -0.2) is 9.40 Å². The van der Waals surface area contributed by atoms with Gasteiger partial charge in [0.15, 0.2) is 0 Å². The summed E-state index contributed by atoms with van der Waals surface area (Å²) >= 11 is 0. The second-order valence-corrected chi connectivity index (χ2v) is 5.57. The standard InChI is InChI=1S/C16H18FN3O4/c1-10(16(23)24)8-18-15(22)13-6-7-14(21)20(19-13)9-11-2-4-12(17)5-3-11/h2-5,10H,6-9H2,1H3,(H,18,22)(H,23,24). The highest BCUT2D eigenvalue weighted by molar-refractivity contribution is 6.39. The molecular weight excluding hydrogens is 317 g/mol. The summed E-state index contributed by atoms with van der Waals surface area (Å²) < 4.78 is 12.9. The third kappa shape index (κ3) is 4.61. The quantitative estimate of drug-likeness (QED) is 0.814. The Labute approximate surface area is 138 Å². The molecule has 1 aromatic carbocycles. The van der Waals surface area contributed by atoms with Crippen molar-refractivity contribution in [1.29, 1.82) is 0 Å². The number of nitrogens with one attached hydrogen (secondary N) is 1. The average molecular weight is 335 g/mol. The number of carboxylic acid groups (broad SMARTS) is 1. The maximum atomic E-state index is 12.9. The van der Waals surface area contributed by atoms with E-state index in [0.717, 1.165) is 0 Å². The zero-order valence-electron chi connectivity index (χ0n) is 13.2. The van der Waals surface area contributed by atoms with Gasteiger partial charge in [-0.1, -0.05) is 19.1 Å². The summed E-state index contributed by atoms with van der Waals surface area (Å²) in [6, 6.07) is 5.66. The molecule has 1 atom stereocenters. The molecular formula is C16H18FN3O4. The maximum absolute atomic E-state index is 12.9. The molecule has 8 heteroatoms. The lowest BCUT2D eigenvalue weighted by molar-refractivity contribution is -0.141. The SMILES string of the molecule is CC(CNC(=O)C1=NN(Cc2ccc(F)cc2)C(=O)CC1)C(=O)O. The van der Waals surface area contributed by atoms with Crippen LogP contribution in [0.2, 0.25) is 0 Å². The minimum Gasteiger partial charge on any atom is -0.481 e. The molecule has 0 saturated heterocycles. The van der Waals surface area contributed by atoms with Crippen LogP contribution in [0.3, 0.4) is 0 Å². The van der Waals surface area contributed by atoms with Gasteiger partial charge in [0.2, 0.25) is 5.91 Å². The molecule has 0 radical (unpaired) electrons. The molecule has 2 N–H and O–H groups in total.